The highest BCUT2D eigenvalue weighted by atomic mass is 35.5. The Bertz CT molecular complexity index is 1060. The van der Waals surface area contributed by atoms with Crippen LogP contribution in [0.4, 0.5) is 0 Å². The number of aryl methyl sites for hydroxylation is 1. The van der Waals surface area contributed by atoms with Crippen LogP contribution in [0.5, 0.6) is 0 Å². The van der Waals surface area contributed by atoms with E-state index in [1.807, 2.05) is 13.0 Å². The lowest BCUT2D eigenvalue weighted by atomic mass is 9.87. The molecule has 6 heteroatoms. The van der Waals surface area contributed by atoms with Crippen LogP contribution in [0.3, 0.4) is 0 Å². The third kappa shape index (κ3) is 4.57. The Morgan fingerprint density at radius 3 is 2.48 bits per heavy atom. The van der Waals surface area contributed by atoms with Crippen molar-refractivity contribution < 1.29 is 4.79 Å². The SMILES string of the molecule is Cc1cc(C=NNC(=O)c2cccnc2Cl)c(C)n1-c1ccc(C(C)(C)C)cc1. The van der Waals surface area contributed by atoms with E-state index in [1.165, 1.54) is 11.8 Å². The quantitative estimate of drug-likeness (QED) is 0.366. The second kappa shape index (κ2) is 8.21. The van der Waals surface area contributed by atoms with E-state index >= 15 is 0 Å². The van der Waals surface area contributed by atoms with Crippen LogP contribution in [-0.2, 0) is 5.41 Å². The number of halogens is 1. The van der Waals surface area contributed by atoms with E-state index in [9.17, 15) is 4.79 Å². The highest BCUT2D eigenvalue weighted by Gasteiger charge is 2.15. The van der Waals surface area contributed by atoms with Crippen molar-refractivity contribution in [3.63, 3.8) is 0 Å². The molecule has 0 atom stereocenters. The number of hydrogen-bond acceptors (Lipinski definition) is 3. The number of pyridine rings is 1. The van der Waals surface area contributed by atoms with Gasteiger partial charge in [0.05, 0.1) is 11.8 Å². The van der Waals surface area contributed by atoms with Gasteiger partial charge >= 0.3 is 0 Å². The van der Waals surface area contributed by atoms with Gasteiger partial charge in [0.15, 0.2) is 0 Å². The van der Waals surface area contributed by atoms with E-state index in [1.54, 1.807) is 18.3 Å². The summed E-state index contributed by atoms with van der Waals surface area (Å²) in [6.07, 6.45) is 3.18. The van der Waals surface area contributed by atoms with Crippen LogP contribution in [0.1, 0.15) is 53.6 Å². The van der Waals surface area contributed by atoms with Crippen molar-refractivity contribution in [3.05, 3.63) is 81.9 Å². The highest BCUT2D eigenvalue weighted by Crippen LogP contribution is 2.25. The first kappa shape index (κ1) is 20.8. The van der Waals surface area contributed by atoms with Crippen LogP contribution < -0.4 is 5.43 Å². The van der Waals surface area contributed by atoms with Gasteiger partial charge in [-0.1, -0.05) is 44.5 Å². The summed E-state index contributed by atoms with van der Waals surface area (Å²) in [4.78, 5) is 16.1. The molecule has 2 heterocycles. The molecule has 150 valence electrons. The summed E-state index contributed by atoms with van der Waals surface area (Å²) in [5, 5.41) is 4.24. The zero-order valence-electron chi connectivity index (χ0n) is 17.3. The van der Waals surface area contributed by atoms with Crippen LogP contribution in [0.25, 0.3) is 5.69 Å². The zero-order valence-corrected chi connectivity index (χ0v) is 18.1. The first-order valence-corrected chi connectivity index (χ1v) is 9.80. The Kier molecular flexibility index (Phi) is 5.89. The smallest absolute Gasteiger partial charge is 0.274 e. The monoisotopic (exact) mass is 408 g/mol. The maximum Gasteiger partial charge on any atom is 0.274 e. The molecule has 2 aromatic heterocycles. The summed E-state index contributed by atoms with van der Waals surface area (Å²) >= 11 is 5.94. The molecule has 1 amide bonds. The molecule has 0 aliphatic heterocycles. The van der Waals surface area contributed by atoms with Crippen LogP contribution in [0, 0.1) is 13.8 Å². The fourth-order valence-corrected chi connectivity index (χ4v) is 3.41. The largest absolute Gasteiger partial charge is 0.318 e. The average Bonchev–Trinajstić information content (AvgIpc) is 2.95. The molecule has 3 aromatic rings. The van der Waals surface area contributed by atoms with E-state index in [4.69, 9.17) is 11.6 Å². The van der Waals surface area contributed by atoms with Crippen LogP contribution in [0.2, 0.25) is 5.15 Å². The van der Waals surface area contributed by atoms with E-state index in [0.717, 1.165) is 22.6 Å². The second-order valence-corrected chi connectivity index (χ2v) is 8.36. The first-order valence-electron chi connectivity index (χ1n) is 9.42. The van der Waals surface area contributed by atoms with Gasteiger partial charge in [0.2, 0.25) is 0 Å². The Morgan fingerprint density at radius 2 is 1.86 bits per heavy atom. The number of nitrogens with zero attached hydrogens (tertiary/aromatic N) is 3. The topological polar surface area (TPSA) is 59.3 Å². The molecule has 0 aliphatic carbocycles. The van der Waals surface area contributed by atoms with Gasteiger partial charge in [-0.05, 0) is 55.2 Å². The zero-order chi connectivity index (χ0) is 21.2. The van der Waals surface area contributed by atoms with Crippen LogP contribution >= 0.6 is 11.6 Å². The molecular weight excluding hydrogens is 384 g/mol. The average molecular weight is 409 g/mol. The number of rotatable bonds is 4. The lowest BCUT2D eigenvalue weighted by Gasteiger charge is -2.20. The molecule has 0 saturated carbocycles. The minimum Gasteiger partial charge on any atom is -0.318 e. The molecule has 0 unspecified atom stereocenters. The minimum atomic E-state index is -0.397. The number of carbonyl (C=O) groups excluding carboxylic acids is 1. The Labute approximate surface area is 176 Å². The molecular formula is C23H25ClN4O. The van der Waals surface area contributed by atoms with Crippen molar-refractivity contribution in [1.29, 1.82) is 0 Å². The number of aromatic nitrogens is 2. The standard InChI is InChI=1S/C23H25ClN4O/c1-15-13-17(14-26-27-22(29)20-7-6-12-25-21(20)24)16(2)28(15)19-10-8-18(9-11-19)23(3,4)5/h6-14H,1-5H3,(H,27,29). The van der Waals surface area contributed by atoms with Gasteiger partial charge in [-0.25, -0.2) is 10.4 Å². The molecule has 0 fully saturated rings. The molecule has 0 aliphatic rings. The third-order valence-corrected chi connectivity index (χ3v) is 5.14. The van der Waals surface area contributed by atoms with Gasteiger partial charge in [0.25, 0.3) is 5.91 Å². The summed E-state index contributed by atoms with van der Waals surface area (Å²) in [7, 11) is 0. The fraction of sp³-hybridized carbons (Fsp3) is 0.261. The summed E-state index contributed by atoms with van der Waals surface area (Å²) in [5.74, 6) is -0.397. The Hall–Kier alpha value is -2.92. The number of benzene rings is 1. The lowest BCUT2D eigenvalue weighted by molar-refractivity contribution is 0.0955. The normalized spacial score (nSPS) is 11.8. The fourth-order valence-electron chi connectivity index (χ4n) is 3.20. The van der Waals surface area contributed by atoms with Crippen LogP contribution in [-0.4, -0.2) is 21.7 Å². The number of amides is 1. The predicted octanol–water partition coefficient (Wildman–Crippen LogP) is 5.20. The van der Waals surface area contributed by atoms with Crippen molar-refractivity contribution in [2.24, 2.45) is 5.10 Å². The lowest BCUT2D eigenvalue weighted by Crippen LogP contribution is -2.18. The van der Waals surface area contributed by atoms with Gasteiger partial charge in [-0.3, -0.25) is 4.79 Å². The van der Waals surface area contributed by atoms with E-state index in [-0.39, 0.29) is 16.1 Å². The van der Waals surface area contributed by atoms with E-state index < -0.39 is 5.91 Å². The maximum atomic E-state index is 12.2. The van der Waals surface area contributed by atoms with Gasteiger partial charge < -0.3 is 4.57 Å². The minimum absolute atomic E-state index is 0.118. The van der Waals surface area contributed by atoms with Crippen molar-refractivity contribution in [3.8, 4) is 5.69 Å². The number of nitrogens with one attached hydrogen (secondary N) is 1. The molecule has 0 bridgehead atoms. The number of carbonyl (C=O) groups is 1. The van der Waals surface area contributed by atoms with E-state index in [0.29, 0.717) is 0 Å². The Balaban J connectivity index is 1.80. The van der Waals surface area contributed by atoms with Gasteiger partial charge in [0.1, 0.15) is 5.15 Å². The summed E-state index contributed by atoms with van der Waals surface area (Å²) in [5.41, 5.74) is 8.37. The molecule has 0 saturated heterocycles. The molecule has 1 N–H and O–H groups in total. The molecule has 3 rings (SSSR count). The highest BCUT2D eigenvalue weighted by molar-refractivity contribution is 6.32. The van der Waals surface area contributed by atoms with Crippen molar-refractivity contribution in [2.75, 3.05) is 0 Å². The van der Waals surface area contributed by atoms with Gasteiger partial charge in [-0.2, -0.15) is 5.10 Å². The number of hydrogen-bond donors (Lipinski definition) is 1. The molecule has 0 radical (unpaired) electrons. The molecule has 1 aromatic carbocycles. The number of hydrazone groups is 1. The molecule has 0 spiro atoms. The van der Waals surface area contributed by atoms with Crippen molar-refractivity contribution in [1.82, 2.24) is 15.0 Å². The summed E-state index contributed by atoms with van der Waals surface area (Å²) < 4.78 is 2.17. The first-order chi connectivity index (χ1) is 13.7. The molecule has 29 heavy (non-hydrogen) atoms. The summed E-state index contributed by atoms with van der Waals surface area (Å²) in [6.45, 7) is 10.7. The van der Waals surface area contributed by atoms with Crippen molar-refractivity contribution in [2.45, 2.75) is 40.0 Å². The van der Waals surface area contributed by atoms with E-state index in [2.05, 4.69) is 72.0 Å². The van der Waals surface area contributed by atoms with Crippen molar-refractivity contribution >= 4 is 23.7 Å². The second-order valence-electron chi connectivity index (χ2n) is 8.00. The maximum absolute atomic E-state index is 12.2. The Morgan fingerprint density at radius 1 is 1.17 bits per heavy atom. The van der Waals surface area contributed by atoms with Crippen LogP contribution in [0.15, 0.2) is 53.8 Å². The van der Waals surface area contributed by atoms with Gasteiger partial charge in [0, 0.05) is 28.8 Å². The molecule has 5 nitrogen and oxygen atoms in total. The van der Waals surface area contributed by atoms with Gasteiger partial charge in [-0.15, -0.1) is 0 Å². The predicted molar refractivity (Wildman–Crippen MR) is 118 cm³/mol. The summed E-state index contributed by atoms with van der Waals surface area (Å²) in [6, 6.07) is 13.9. The third-order valence-electron chi connectivity index (χ3n) is 4.84.